The van der Waals surface area contributed by atoms with Crippen molar-refractivity contribution < 1.29 is 9.21 Å². The Morgan fingerprint density at radius 3 is 2.80 bits per heavy atom. The highest BCUT2D eigenvalue weighted by molar-refractivity contribution is 14.0. The molecule has 1 aromatic rings. The number of hydrogen-bond donors (Lipinski definition) is 2. The summed E-state index contributed by atoms with van der Waals surface area (Å²) >= 11 is 0. The Bertz CT molecular complexity index is 543. The summed E-state index contributed by atoms with van der Waals surface area (Å²) in [5.41, 5.74) is 0.373. The summed E-state index contributed by atoms with van der Waals surface area (Å²) in [6.45, 7) is 7.87. The van der Waals surface area contributed by atoms with Gasteiger partial charge in [-0.1, -0.05) is 20.3 Å². The lowest BCUT2D eigenvalue weighted by Gasteiger charge is -2.42. The van der Waals surface area contributed by atoms with Crippen molar-refractivity contribution in [3.8, 4) is 0 Å². The molecule has 1 aromatic heterocycles. The van der Waals surface area contributed by atoms with Crippen LogP contribution in [0.5, 0.6) is 0 Å². The molecule has 142 valence electrons. The average Bonchev–Trinajstić information content (AvgIpc) is 3.09. The molecule has 1 amide bonds. The first-order valence-corrected chi connectivity index (χ1v) is 8.85. The topological polar surface area (TPSA) is 69.9 Å². The predicted octanol–water partition coefficient (Wildman–Crippen LogP) is 3.11. The zero-order valence-corrected chi connectivity index (χ0v) is 17.8. The second kappa shape index (κ2) is 10.7. The SMILES string of the molecule is CCCC1(C)CCCN(C(=NC)NCCNC(=O)c2ccco2)C1.I. The molecule has 0 spiro atoms. The summed E-state index contributed by atoms with van der Waals surface area (Å²) in [5.74, 6) is 1.07. The molecule has 2 heterocycles. The Morgan fingerprint density at radius 1 is 1.40 bits per heavy atom. The van der Waals surface area contributed by atoms with Crippen molar-refractivity contribution in [2.24, 2.45) is 10.4 Å². The molecule has 2 rings (SSSR count). The molecule has 2 N–H and O–H groups in total. The minimum Gasteiger partial charge on any atom is -0.459 e. The van der Waals surface area contributed by atoms with Crippen LogP contribution in [-0.2, 0) is 0 Å². The number of amides is 1. The molecule has 25 heavy (non-hydrogen) atoms. The van der Waals surface area contributed by atoms with Crippen molar-refractivity contribution >= 4 is 35.8 Å². The molecule has 1 atom stereocenters. The molecular weight excluding hydrogens is 431 g/mol. The molecule has 1 unspecified atom stereocenters. The lowest BCUT2D eigenvalue weighted by atomic mass is 9.78. The van der Waals surface area contributed by atoms with E-state index in [1.54, 1.807) is 12.1 Å². The fourth-order valence-electron chi connectivity index (χ4n) is 3.48. The van der Waals surface area contributed by atoms with Crippen LogP contribution in [0.2, 0.25) is 0 Å². The molecule has 0 bridgehead atoms. The van der Waals surface area contributed by atoms with Crippen molar-refractivity contribution in [2.75, 3.05) is 33.2 Å². The van der Waals surface area contributed by atoms with E-state index < -0.39 is 0 Å². The van der Waals surface area contributed by atoms with Crippen molar-refractivity contribution in [3.05, 3.63) is 24.2 Å². The van der Waals surface area contributed by atoms with E-state index in [0.717, 1.165) is 19.0 Å². The summed E-state index contributed by atoms with van der Waals surface area (Å²) in [4.78, 5) is 18.6. The molecule has 0 radical (unpaired) electrons. The predicted molar refractivity (Wildman–Crippen MR) is 112 cm³/mol. The smallest absolute Gasteiger partial charge is 0.287 e. The molecule has 1 aliphatic heterocycles. The number of nitrogens with zero attached hydrogens (tertiary/aromatic N) is 2. The Balaban J connectivity index is 0.00000312. The molecule has 0 aromatic carbocycles. The lowest BCUT2D eigenvalue weighted by Crippen LogP contribution is -2.50. The van der Waals surface area contributed by atoms with Gasteiger partial charge >= 0.3 is 0 Å². The van der Waals surface area contributed by atoms with Crippen molar-refractivity contribution in [1.29, 1.82) is 0 Å². The molecule has 1 fully saturated rings. The van der Waals surface area contributed by atoms with Crippen LogP contribution in [0.15, 0.2) is 27.8 Å². The van der Waals surface area contributed by atoms with E-state index in [4.69, 9.17) is 4.42 Å². The van der Waals surface area contributed by atoms with Crippen LogP contribution in [-0.4, -0.2) is 50.0 Å². The third kappa shape index (κ3) is 6.52. The number of guanidine groups is 1. The summed E-state index contributed by atoms with van der Waals surface area (Å²) in [7, 11) is 1.82. The first-order chi connectivity index (χ1) is 11.6. The maximum absolute atomic E-state index is 11.8. The molecule has 7 heteroatoms. The number of nitrogens with one attached hydrogen (secondary N) is 2. The zero-order chi connectivity index (χ0) is 17.4. The molecule has 1 saturated heterocycles. The number of halogens is 1. The maximum Gasteiger partial charge on any atom is 0.287 e. The molecule has 1 aliphatic rings. The van der Waals surface area contributed by atoms with E-state index in [1.807, 2.05) is 7.05 Å². The largest absolute Gasteiger partial charge is 0.459 e. The highest BCUT2D eigenvalue weighted by Crippen LogP contribution is 2.33. The summed E-state index contributed by atoms with van der Waals surface area (Å²) in [6.07, 6.45) is 6.45. The van der Waals surface area contributed by atoms with E-state index in [2.05, 4.69) is 34.4 Å². The van der Waals surface area contributed by atoms with Gasteiger partial charge in [0.25, 0.3) is 5.91 Å². The van der Waals surface area contributed by atoms with Crippen molar-refractivity contribution in [1.82, 2.24) is 15.5 Å². The number of aliphatic imine (C=N–C) groups is 1. The standard InChI is InChI=1S/C18H30N4O2.HI/c1-4-8-18(2)9-6-12-22(14-18)17(19-3)21-11-10-20-16(23)15-7-5-13-24-15;/h5,7,13H,4,6,8-12,14H2,1-3H3,(H,19,21)(H,20,23);1H. The van der Waals surface area contributed by atoms with Crippen molar-refractivity contribution in [2.45, 2.75) is 39.5 Å². The number of hydrogen-bond acceptors (Lipinski definition) is 3. The Labute approximate surface area is 167 Å². The van der Waals surface area contributed by atoms with Gasteiger partial charge in [0.2, 0.25) is 0 Å². The fourth-order valence-corrected chi connectivity index (χ4v) is 3.48. The molecule has 0 aliphatic carbocycles. The summed E-state index contributed by atoms with van der Waals surface area (Å²) < 4.78 is 5.07. The van der Waals surface area contributed by atoms with Gasteiger partial charge in [-0.25, -0.2) is 0 Å². The number of piperidine rings is 1. The van der Waals surface area contributed by atoms with Gasteiger partial charge in [-0.05, 0) is 36.8 Å². The van der Waals surface area contributed by atoms with Gasteiger partial charge < -0.3 is 20.0 Å². The van der Waals surface area contributed by atoms with Gasteiger partial charge in [0.1, 0.15) is 0 Å². The summed E-state index contributed by atoms with van der Waals surface area (Å²) in [5, 5.41) is 6.19. The molecule has 6 nitrogen and oxygen atoms in total. The van der Waals surface area contributed by atoms with Crippen LogP contribution in [0.1, 0.15) is 50.1 Å². The van der Waals surface area contributed by atoms with Gasteiger partial charge in [0.15, 0.2) is 11.7 Å². The Kier molecular flexibility index (Phi) is 9.31. The first kappa shape index (κ1) is 21.8. The van der Waals surface area contributed by atoms with Gasteiger partial charge in [0, 0.05) is 33.2 Å². The number of furan rings is 1. The van der Waals surface area contributed by atoms with Gasteiger partial charge in [-0.2, -0.15) is 0 Å². The van der Waals surface area contributed by atoms with E-state index >= 15 is 0 Å². The minimum atomic E-state index is -0.190. The quantitative estimate of drug-likeness (QED) is 0.295. The molecular formula is C18H31IN4O2. The van der Waals surface area contributed by atoms with Crippen LogP contribution >= 0.6 is 24.0 Å². The number of carbonyl (C=O) groups excluding carboxylic acids is 1. The highest BCUT2D eigenvalue weighted by Gasteiger charge is 2.31. The van der Waals surface area contributed by atoms with Crippen molar-refractivity contribution in [3.63, 3.8) is 0 Å². The second-order valence-electron chi connectivity index (χ2n) is 6.79. The normalized spacial score (nSPS) is 20.8. The van der Waals surface area contributed by atoms with Gasteiger partial charge in [-0.3, -0.25) is 9.79 Å². The van der Waals surface area contributed by atoms with Gasteiger partial charge in [-0.15, -0.1) is 24.0 Å². The monoisotopic (exact) mass is 462 g/mol. The number of likely N-dealkylation sites (tertiary alicyclic amines) is 1. The lowest BCUT2D eigenvalue weighted by molar-refractivity contribution is 0.0926. The van der Waals surface area contributed by atoms with Crippen LogP contribution in [0.4, 0.5) is 0 Å². The third-order valence-corrected chi connectivity index (χ3v) is 4.58. The number of carbonyl (C=O) groups is 1. The Morgan fingerprint density at radius 2 is 2.16 bits per heavy atom. The van der Waals surface area contributed by atoms with Gasteiger partial charge in [0.05, 0.1) is 6.26 Å². The highest BCUT2D eigenvalue weighted by atomic mass is 127. The Hall–Kier alpha value is -1.25. The summed E-state index contributed by atoms with van der Waals surface area (Å²) in [6, 6.07) is 3.36. The van der Waals surface area contributed by atoms with Crippen LogP contribution in [0.3, 0.4) is 0 Å². The minimum absolute atomic E-state index is 0. The zero-order valence-electron chi connectivity index (χ0n) is 15.5. The van der Waals surface area contributed by atoms with E-state index in [0.29, 0.717) is 24.3 Å². The fraction of sp³-hybridized carbons (Fsp3) is 0.667. The van der Waals surface area contributed by atoms with Crippen LogP contribution < -0.4 is 10.6 Å². The van der Waals surface area contributed by atoms with E-state index in [9.17, 15) is 4.79 Å². The average molecular weight is 462 g/mol. The van der Waals surface area contributed by atoms with Crippen LogP contribution in [0, 0.1) is 5.41 Å². The maximum atomic E-state index is 11.8. The van der Waals surface area contributed by atoms with E-state index in [1.165, 1.54) is 31.9 Å². The number of rotatable bonds is 6. The first-order valence-electron chi connectivity index (χ1n) is 8.85. The van der Waals surface area contributed by atoms with E-state index in [-0.39, 0.29) is 29.9 Å². The van der Waals surface area contributed by atoms with Crippen LogP contribution in [0.25, 0.3) is 0 Å². The molecule has 0 saturated carbocycles. The second-order valence-corrected chi connectivity index (χ2v) is 6.79. The third-order valence-electron chi connectivity index (χ3n) is 4.58.